The van der Waals surface area contributed by atoms with Crippen LogP contribution < -0.4 is 20.7 Å². The first-order valence-corrected chi connectivity index (χ1v) is 7.18. The highest BCUT2D eigenvalue weighted by Crippen LogP contribution is 2.36. The van der Waals surface area contributed by atoms with Crippen molar-refractivity contribution in [3.8, 4) is 11.5 Å². The van der Waals surface area contributed by atoms with Crippen molar-refractivity contribution in [3.05, 3.63) is 23.8 Å². The van der Waals surface area contributed by atoms with Crippen molar-refractivity contribution in [3.63, 3.8) is 0 Å². The van der Waals surface area contributed by atoms with Crippen LogP contribution in [0.2, 0.25) is 0 Å². The molecule has 0 heterocycles. The van der Waals surface area contributed by atoms with Gasteiger partial charge in [0.25, 0.3) is 0 Å². The summed E-state index contributed by atoms with van der Waals surface area (Å²) in [4.78, 5) is 0. The lowest BCUT2D eigenvalue weighted by atomic mass is 9.82. The molecule has 5 heteroatoms. The Bertz CT molecular complexity index is 444. The number of ether oxygens (including phenoxy) is 3. The van der Waals surface area contributed by atoms with Crippen LogP contribution >= 0.6 is 0 Å². The van der Waals surface area contributed by atoms with Crippen molar-refractivity contribution < 1.29 is 14.2 Å². The molecule has 120 valence electrons. The topological polar surface area (TPSA) is 65.7 Å². The van der Waals surface area contributed by atoms with E-state index in [1.807, 2.05) is 25.1 Å². The summed E-state index contributed by atoms with van der Waals surface area (Å²) in [6.07, 6.45) is -0.0643. The molecule has 0 bridgehead atoms. The first-order chi connectivity index (χ1) is 9.88. The fourth-order valence-electron chi connectivity index (χ4n) is 2.43. The van der Waals surface area contributed by atoms with Crippen LogP contribution in [-0.2, 0) is 4.74 Å². The molecule has 1 aromatic rings. The van der Waals surface area contributed by atoms with E-state index in [9.17, 15) is 0 Å². The van der Waals surface area contributed by atoms with E-state index in [0.717, 1.165) is 5.56 Å². The molecule has 1 rings (SSSR count). The third kappa shape index (κ3) is 4.33. The highest BCUT2D eigenvalue weighted by Gasteiger charge is 2.33. The van der Waals surface area contributed by atoms with Crippen LogP contribution in [0.5, 0.6) is 11.5 Å². The fourth-order valence-corrected chi connectivity index (χ4v) is 2.43. The quantitative estimate of drug-likeness (QED) is 0.598. The molecule has 2 unspecified atom stereocenters. The summed E-state index contributed by atoms with van der Waals surface area (Å²) in [5.74, 6) is 7.17. The summed E-state index contributed by atoms with van der Waals surface area (Å²) in [6.45, 7) is 9.03. The minimum atomic E-state index is -0.134. The van der Waals surface area contributed by atoms with Gasteiger partial charge >= 0.3 is 0 Å². The van der Waals surface area contributed by atoms with E-state index in [-0.39, 0.29) is 17.6 Å². The molecule has 1 aromatic carbocycles. The number of benzene rings is 1. The third-order valence-corrected chi connectivity index (χ3v) is 3.45. The number of hydrogen-bond acceptors (Lipinski definition) is 5. The van der Waals surface area contributed by atoms with Gasteiger partial charge in [-0.05, 0) is 30.0 Å². The number of nitrogens with two attached hydrogens (primary N) is 1. The van der Waals surface area contributed by atoms with Crippen LogP contribution in [0.15, 0.2) is 18.2 Å². The molecule has 0 amide bonds. The van der Waals surface area contributed by atoms with Crippen molar-refractivity contribution in [2.45, 2.75) is 39.8 Å². The third-order valence-electron chi connectivity index (χ3n) is 3.45. The molecule has 5 nitrogen and oxygen atoms in total. The lowest BCUT2D eigenvalue weighted by Gasteiger charge is -2.36. The first kappa shape index (κ1) is 17.8. The summed E-state index contributed by atoms with van der Waals surface area (Å²) in [5.41, 5.74) is 3.83. The fraction of sp³-hybridized carbons (Fsp3) is 0.625. The number of rotatable bonds is 7. The van der Waals surface area contributed by atoms with E-state index in [2.05, 4.69) is 26.2 Å². The van der Waals surface area contributed by atoms with E-state index >= 15 is 0 Å². The summed E-state index contributed by atoms with van der Waals surface area (Å²) >= 11 is 0. The van der Waals surface area contributed by atoms with Crippen LogP contribution in [0.3, 0.4) is 0 Å². The molecule has 0 saturated carbocycles. The van der Waals surface area contributed by atoms with E-state index in [1.54, 1.807) is 14.2 Å². The molecule has 0 aliphatic carbocycles. The molecule has 2 atom stereocenters. The molecule has 0 aliphatic heterocycles. The summed E-state index contributed by atoms with van der Waals surface area (Å²) in [6, 6.07) is 5.65. The van der Waals surface area contributed by atoms with E-state index in [4.69, 9.17) is 20.1 Å². The molecule has 0 aromatic heterocycles. The monoisotopic (exact) mass is 296 g/mol. The van der Waals surface area contributed by atoms with Gasteiger partial charge in [0.2, 0.25) is 0 Å². The van der Waals surface area contributed by atoms with Crippen molar-refractivity contribution >= 4 is 0 Å². The minimum absolute atomic E-state index is 0.0553. The predicted octanol–water partition coefficient (Wildman–Crippen LogP) is 2.66. The van der Waals surface area contributed by atoms with E-state index in [1.165, 1.54) is 0 Å². The van der Waals surface area contributed by atoms with Gasteiger partial charge in [0.15, 0.2) is 11.5 Å². The molecule has 0 fully saturated rings. The predicted molar refractivity (Wildman–Crippen MR) is 84.5 cm³/mol. The van der Waals surface area contributed by atoms with Gasteiger partial charge in [0, 0.05) is 6.61 Å². The molecule has 0 spiro atoms. The van der Waals surface area contributed by atoms with Crippen molar-refractivity contribution in [1.29, 1.82) is 0 Å². The van der Waals surface area contributed by atoms with E-state index in [0.29, 0.717) is 18.1 Å². The van der Waals surface area contributed by atoms with Gasteiger partial charge in [-0.1, -0.05) is 26.8 Å². The molecule has 0 aliphatic rings. The molecular formula is C16H28N2O3. The molecule has 21 heavy (non-hydrogen) atoms. The first-order valence-electron chi connectivity index (χ1n) is 7.18. The number of nitrogens with one attached hydrogen (secondary N) is 1. The van der Waals surface area contributed by atoms with Crippen LogP contribution in [0.1, 0.15) is 39.3 Å². The Balaban J connectivity index is 3.19. The number of hydrogen-bond donors (Lipinski definition) is 2. The maximum absolute atomic E-state index is 5.93. The van der Waals surface area contributed by atoms with E-state index < -0.39 is 0 Å². The molecular weight excluding hydrogens is 268 g/mol. The standard InChI is InChI=1S/C16H28N2O3/c1-7-21-15(16(2,3)4)14(18-17)11-8-9-12(19-5)13(10-11)20-6/h8-10,14-15,18H,7,17H2,1-6H3. The highest BCUT2D eigenvalue weighted by atomic mass is 16.5. The Labute approximate surface area is 127 Å². The largest absolute Gasteiger partial charge is 0.493 e. The van der Waals surface area contributed by atoms with Crippen LogP contribution in [-0.4, -0.2) is 26.9 Å². The van der Waals surface area contributed by atoms with Crippen LogP contribution in [0.25, 0.3) is 0 Å². The Morgan fingerprint density at radius 2 is 1.76 bits per heavy atom. The smallest absolute Gasteiger partial charge is 0.161 e. The zero-order valence-corrected chi connectivity index (χ0v) is 13.9. The van der Waals surface area contributed by atoms with Gasteiger partial charge in [-0.25, -0.2) is 0 Å². The van der Waals surface area contributed by atoms with Crippen molar-refractivity contribution in [2.75, 3.05) is 20.8 Å². The van der Waals surface area contributed by atoms with Crippen molar-refractivity contribution in [1.82, 2.24) is 5.43 Å². The van der Waals surface area contributed by atoms with Gasteiger partial charge in [0.05, 0.1) is 26.4 Å². The zero-order chi connectivity index (χ0) is 16.0. The second kappa shape index (κ2) is 7.64. The minimum Gasteiger partial charge on any atom is -0.493 e. The Hall–Kier alpha value is -1.30. The summed E-state index contributed by atoms with van der Waals surface area (Å²) in [5, 5.41) is 0. The lowest BCUT2D eigenvalue weighted by Crippen LogP contribution is -2.44. The van der Waals surface area contributed by atoms with Gasteiger partial charge in [-0.15, -0.1) is 0 Å². The average Bonchev–Trinajstić information content (AvgIpc) is 2.45. The highest BCUT2D eigenvalue weighted by molar-refractivity contribution is 5.44. The number of hydrazine groups is 1. The molecule has 0 radical (unpaired) electrons. The van der Waals surface area contributed by atoms with Gasteiger partial charge in [0.1, 0.15) is 0 Å². The lowest BCUT2D eigenvalue weighted by molar-refractivity contribution is -0.0367. The Morgan fingerprint density at radius 1 is 1.14 bits per heavy atom. The van der Waals surface area contributed by atoms with Crippen LogP contribution in [0.4, 0.5) is 0 Å². The SMILES string of the molecule is CCOC(C(NN)c1ccc(OC)c(OC)c1)C(C)(C)C. The number of methoxy groups -OCH3 is 2. The Morgan fingerprint density at radius 3 is 2.19 bits per heavy atom. The van der Waals surface area contributed by atoms with Gasteiger partial charge < -0.3 is 14.2 Å². The summed E-state index contributed by atoms with van der Waals surface area (Å²) in [7, 11) is 3.24. The second-order valence-electron chi connectivity index (χ2n) is 6.00. The van der Waals surface area contributed by atoms with Crippen LogP contribution in [0, 0.1) is 5.41 Å². The normalized spacial score (nSPS) is 14.6. The maximum Gasteiger partial charge on any atom is 0.161 e. The van der Waals surface area contributed by atoms with Gasteiger partial charge in [-0.3, -0.25) is 11.3 Å². The second-order valence-corrected chi connectivity index (χ2v) is 6.00. The average molecular weight is 296 g/mol. The van der Waals surface area contributed by atoms with Crippen molar-refractivity contribution in [2.24, 2.45) is 11.3 Å². The summed E-state index contributed by atoms with van der Waals surface area (Å²) < 4.78 is 16.6. The molecule has 0 saturated heterocycles. The Kier molecular flexibility index (Phi) is 6.45. The molecule has 3 N–H and O–H groups in total. The van der Waals surface area contributed by atoms with Gasteiger partial charge in [-0.2, -0.15) is 0 Å². The maximum atomic E-state index is 5.93. The zero-order valence-electron chi connectivity index (χ0n) is 13.9.